The molecule has 0 saturated carbocycles. The van der Waals surface area contributed by atoms with E-state index in [0.717, 1.165) is 61.5 Å². The molecule has 0 radical (unpaired) electrons. The summed E-state index contributed by atoms with van der Waals surface area (Å²) < 4.78 is 15.2. The smallest absolute Gasteiger partial charge is 0.136 e. The predicted molar refractivity (Wildman–Crippen MR) is 211 cm³/mol. The third-order valence-corrected chi connectivity index (χ3v) is 9.84. The van der Waals surface area contributed by atoms with E-state index in [1.807, 2.05) is 42.6 Å². The van der Waals surface area contributed by atoms with Gasteiger partial charge in [0.2, 0.25) is 0 Å². The van der Waals surface area contributed by atoms with E-state index < -0.39 is 0 Å². The first-order chi connectivity index (χ1) is 25.0. The van der Waals surface area contributed by atoms with Gasteiger partial charge in [-0.25, -0.2) is 4.98 Å². The van der Waals surface area contributed by atoms with Gasteiger partial charge in [0.25, 0.3) is 0 Å². The van der Waals surface area contributed by atoms with Crippen LogP contribution < -0.4 is 14.5 Å². The van der Waals surface area contributed by atoms with E-state index in [4.69, 9.17) is 14.1 Å². The molecule has 1 aliphatic heterocycles. The average Bonchev–Trinajstić information content (AvgIpc) is 3.80. The molecule has 0 saturated heterocycles. The van der Waals surface area contributed by atoms with Crippen molar-refractivity contribution in [3.05, 3.63) is 151 Å². The molecule has 9 rings (SSSR count). The molecule has 0 bridgehead atoms. The second-order valence-corrected chi connectivity index (χ2v) is 15.5. The molecule has 0 N–H and O–H groups in total. The van der Waals surface area contributed by atoms with Crippen LogP contribution in [0.3, 0.4) is 0 Å². The van der Waals surface area contributed by atoms with Crippen molar-refractivity contribution in [1.82, 2.24) is 9.55 Å². The second-order valence-electron chi connectivity index (χ2n) is 15.5. The summed E-state index contributed by atoms with van der Waals surface area (Å²) >= 11 is 0. The summed E-state index contributed by atoms with van der Waals surface area (Å²) in [7, 11) is 0. The van der Waals surface area contributed by atoms with Crippen molar-refractivity contribution in [2.45, 2.75) is 52.4 Å². The molecule has 53 heavy (non-hydrogen) atoms. The number of ether oxygens (including phenoxy) is 1. The second kappa shape index (κ2) is 13.0. The quantitative estimate of drug-likeness (QED) is 0.161. The third kappa shape index (κ3) is 5.99. The fraction of sp³-hybridized carbons (Fsp3) is 0.174. The molecular weight excluding hydrogens is 836 g/mol. The maximum Gasteiger partial charge on any atom is 0.136 e. The van der Waals surface area contributed by atoms with Crippen LogP contribution in [0.2, 0.25) is 0 Å². The number of para-hydroxylation sites is 4. The Kier molecular flexibility index (Phi) is 8.50. The van der Waals surface area contributed by atoms with Crippen molar-refractivity contribution >= 4 is 55.7 Å². The first-order valence-electron chi connectivity index (χ1n) is 17.7. The first kappa shape index (κ1) is 34.7. The summed E-state index contributed by atoms with van der Waals surface area (Å²) in [5.74, 6) is 1.97. The maximum atomic E-state index is 6.55. The number of furan rings is 1. The van der Waals surface area contributed by atoms with Gasteiger partial charge in [-0.2, -0.15) is 12.1 Å². The zero-order chi connectivity index (χ0) is 35.8. The van der Waals surface area contributed by atoms with E-state index >= 15 is 0 Å². The molecular formula is C46H39N4O2Pt-3. The number of aromatic nitrogens is 2. The Hall–Kier alpha value is -5.32. The molecule has 5 aromatic carbocycles. The van der Waals surface area contributed by atoms with Crippen LogP contribution in [0, 0.1) is 18.8 Å². The number of hydrogen-bond donors (Lipinski definition) is 0. The van der Waals surface area contributed by atoms with E-state index in [2.05, 4.69) is 154 Å². The van der Waals surface area contributed by atoms with Gasteiger partial charge in [0, 0.05) is 61.2 Å². The molecule has 8 aromatic rings. The molecule has 7 heteroatoms. The molecule has 0 amide bonds. The van der Waals surface area contributed by atoms with Crippen molar-refractivity contribution in [3.63, 3.8) is 0 Å². The van der Waals surface area contributed by atoms with Crippen molar-refractivity contribution in [2.75, 3.05) is 9.80 Å². The zero-order valence-electron chi connectivity index (χ0n) is 30.5. The van der Waals surface area contributed by atoms with Gasteiger partial charge in [-0.15, -0.1) is 42.7 Å². The van der Waals surface area contributed by atoms with Gasteiger partial charge in [-0.3, -0.25) is 0 Å². The van der Waals surface area contributed by atoms with E-state index in [1.54, 1.807) is 0 Å². The number of anilines is 4. The number of pyridine rings is 1. The van der Waals surface area contributed by atoms with Crippen LogP contribution in [-0.2, 0) is 31.9 Å². The van der Waals surface area contributed by atoms with Gasteiger partial charge in [-0.1, -0.05) is 94.9 Å². The molecule has 0 fully saturated rings. The van der Waals surface area contributed by atoms with Crippen LogP contribution >= 0.6 is 0 Å². The minimum Gasteiger partial charge on any atom is -0.509 e. The Morgan fingerprint density at radius 1 is 0.660 bits per heavy atom. The summed E-state index contributed by atoms with van der Waals surface area (Å²) in [5, 5.41) is 1.97. The van der Waals surface area contributed by atoms with Crippen LogP contribution in [0.5, 0.6) is 11.5 Å². The standard InChI is InChI=1S/C46H39N4O2.Pt/c1-45(2,3)30-24-25-47-42(26-30)50-40-28-33(22-23-34(40)44-43(50)35-16-7-12-21-41(35)52-44)51-32-15-13-14-31(27-32)48-29-49(39-20-11-10-19-38(39)48)37-18-9-8-17-36(37)46(4,5)6;/h7-26,29H,1-6H3;/q-3;. The fourth-order valence-electron chi connectivity index (χ4n) is 7.24. The molecule has 0 aliphatic carbocycles. The van der Waals surface area contributed by atoms with Gasteiger partial charge in [-0.05, 0) is 64.4 Å². The van der Waals surface area contributed by atoms with Crippen LogP contribution in [0.4, 0.5) is 22.7 Å². The van der Waals surface area contributed by atoms with E-state index in [9.17, 15) is 0 Å². The number of nitrogens with zero attached hydrogens (tertiary/aromatic N) is 4. The predicted octanol–water partition coefficient (Wildman–Crippen LogP) is 12.3. The minimum absolute atomic E-state index is 0. The third-order valence-electron chi connectivity index (χ3n) is 9.84. The number of hydrogen-bond acceptors (Lipinski definition) is 5. The van der Waals surface area contributed by atoms with Crippen molar-refractivity contribution in [3.8, 4) is 17.3 Å². The molecule has 0 spiro atoms. The van der Waals surface area contributed by atoms with Crippen LogP contribution in [0.25, 0.3) is 38.8 Å². The Morgan fingerprint density at radius 2 is 1.36 bits per heavy atom. The molecule has 0 unspecified atom stereocenters. The normalized spacial score (nSPS) is 13.2. The van der Waals surface area contributed by atoms with Crippen LogP contribution in [0.1, 0.15) is 52.7 Å². The Labute approximate surface area is 324 Å². The van der Waals surface area contributed by atoms with Gasteiger partial charge in [0.15, 0.2) is 0 Å². The van der Waals surface area contributed by atoms with Crippen molar-refractivity contribution < 1.29 is 30.2 Å². The van der Waals surface area contributed by atoms with Crippen molar-refractivity contribution in [1.29, 1.82) is 0 Å². The number of rotatable bonds is 5. The molecule has 3 aromatic heterocycles. The summed E-state index contributed by atoms with van der Waals surface area (Å²) in [6.45, 7) is 15.6. The van der Waals surface area contributed by atoms with E-state index in [-0.39, 0.29) is 31.9 Å². The minimum atomic E-state index is -0.0443. The Bertz CT molecular complexity index is 2640. The van der Waals surface area contributed by atoms with Crippen LogP contribution in [-0.4, -0.2) is 9.55 Å². The summed E-state index contributed by atoms with van der Waals surface area (Å²) in [6.07, 6.45) is 1.88. The summed E-state index contributed by atoms with van der Waals surface area (Å²) in [4.78, 5) is 9.30. The van der Waals surface area contributed by atoms with E-state index in [0.29, 0.717) is 11.5 Å². The molecule has 0 atom stereocenters. The summed E-state index contributed by atoms with van der Waals surface area (Å²) in [5.41, 5.74) is 10.1. The number of fused-ring (bicyclic) bond motifs is 6. The monoisotopic (exact) mass is 874 g/mol. The largest absolute Gasteiger partial charge is 0.509 e. The molecule has 4 heterocycles. The van der Waals surface area contributed by atoms with Gasteiger partial charge >= 0.3 is 0 Å². The Balaban J connectivity index is 0.00000400. The van der Waals surface area contributed by atoms with Gasteiger partial charge < -0.3 is 23.5 Å². The molecule has 6 nitrogen and oxygen atoms in total. The molecule has 268 valence electrons. The SMILES string of the molecule is CC(C)(C)c1ccnc(-n2c3[c-]c(Oc4[c-]c(N5[CH-]N(c6ccccc6C(C)(C)C)c6ccccc65)ccc4)ccc3c3oc4ccccc4c32)c1.[Pt]. The van der Waals surface area contributed by atoms with Gasteiger partial charge in [0.1, 0.15) is 17.0 Å². The number of benzene rings is 5. The fourth-order valence-corrected chi connectivity index (χ4v) is 7.24. The first-order valence-corrected chi connectivity index (χ1v) is 17.7. The van der Waals surface area contributed by atoms with E-state index in [1.165, 1.54) is 11.1 Å². The maximum absolute atomic E-state index is 6.55. The zero-order valence-corrected chi connectivity index (χ0v) is 32.8. The van der Waals surface area contributed by atoms with Crippen molar-refractivity contribution in [2.24, 2.45) is 0 Å². The van der Waals surface area contributed by atoms with Gasteiger partial charge in [0.05, 0.1) is 5.52 Å². The van der Waals surface area contributed by atoms with Crippen LogP contribution in [0.15, 0.2) is 126 Å². The summed E-state index contributed by atoms with van der Waals surface area (Å²) in [6, 6.07) is 46.6. The molecule has 1 aliphatic rings. The average molecular weight is 875 g/mol. The Morgan fingerprint density at radius 3 is 2.13 bits per heavy atom. The topological polar surface area (TPSA) is 46.7 Å².